The zero-order chi connectivity index (χ0) is 11.2. The number of carbonyl (C=O) groups excluding carboxylic acids is 1. The van der Waals surface area contributed by atoms with Gasteiger partial charge in [-0.15, -0.1) is 0 Å². The summed E-state index contributed by atoms with van der Waals surface area (Å²) in [5.74, 6) is 2.55. The lowest BCUT2D eigenvalue weighted by Crippen LogP contribution is -2.34. The van der Waals surface area contributed by atoms with Gasteiger partial charge in [0.05, 0.1) is 0 Å². The first-order valence-corrected chi connectivity index (χ1v) is 7.00. The molecule has 0 bridgehead atoms. The van der Waals surface area contributed by atoms with E-state index in [0.29, 0.717) is 17.2 Å². The lowest BCUT2D eigenvalue weighted by atomic mass is 9.99. The Morgan fingerprint density at radius 3 is 2.50 bits per heavy atom. The van der Waals surface area contributed by atoms with Crippen molar-refractivity contribution in [2.24, 2.45) is 23.2 Å². The minimum Gasteiger partial charge on any atom is -0.355 e. The molecule has 2 heteroatoms. The molecule has 0 aromatic carbocycles. The topological polar surface area (TPSA) is 29.1 Å². The first kappa shape index (κ1) is 10.6. The van der Waals surface area contributed by atoms with Crippen LogP contribution in [0, 0.1) is 23.2 Å². The van der Waals surface area contributed by atoms with E-state index in [9.17, 15) is 4.79 Å². The average Bonchev–Trinajstić information content (AvgIpc) is 3.18. The van der Waals surface area contributed by atoms with Crippen molar-refractivity contribution in [3.63, 3.8) is 0 Å². The van der Waals surface area contributed by atoms with Gasteiger partial charge in [0.1, 0.15) is 0 Å². The molecule has 0 aromatic heterocycles. The third kappa shape index (κ3) is 1.99. The van der Waals surface area contributed by atoms with E-state index in [1.54, 1.807) is 0 Å². The monoisotopic (exact) mass is 221 g/mol. The molecule has 0 heterocycles. The molecule has 0 aliphatic heterocycles. The number of fused-ring (bicyclic) bond motifs is 1. The van der Waals surface area contributed by atoms with Gasteiger partial charge in [-0.1, -0.05) is 13.3 Å². The molecule has 3 rings (SSSR count). The Hall–Kier alpha value is -0.530. The largest absolute Gasteiger partial charge is 0.355 e. The molecule has 0 radical (unpaired) electrons. The van der Waals surface area contributed by atoms with E-state index in [0.717, 1.165) is 18.4 Å². The Balaban J connectivity index is 1.43. The zero-order valence-electron chi connectivity index (χ0n) is 10.3. The summed E-state index contributed by atoms with van der Waals surface area (Å²) in [6.07, 6.45) is 8.97. The van der Waals surface area contributed by atoms with Gasteiger partial charge in [0, 0.05) is 12.5 Å². The van der Waals surface area contributed by atoms with Crippen molar-refractivity contribution in [1.82, 2.24) is 5.32 Å². The van der Waals surface area contributed by atoms with Gasteiger partial charge in [-0.25, -0.2) is 0 Å². The lowest BCUT2D eigenvalue weighted by Gasteiger charge is -2.17. The minimum atomic E-state index is 0.356. The van der Waals surface area contributed by atoms with Crippen molar-refractivity contribution >= 4 is 5.91 Å². The van der Waals surface area contributed by atoms with Crippen LogP contribution in [-0.2, 0) is 4.79 Å². The fraction of sp³-hybridized carbons (Fsp3) is 0.929. The Bertz CT molecular complexity index is 285. The van der Waals surface area contributed by atoms with Gasteiger partial charge >= 0.3 is 0 Å². The molecule has 3 fully saturated rings. The van der Waals surface area contributed by atoms with Gasteiger partial charge in [-0.3, -0.25) is 4.79 Å². The summed E-state index contributed by atoms with van der Waals surface area (Å²) >= 11 is 0. The third-order valence-electron chi connectivity index (χ3n) is 4.99. The summed E-state index contributed by atoms with van der Waals surface area (Å²) in [4.78, 5) is 12.0. The van der Waals surface area contributed by atoms with Gasteiger partial charge in [0.15, 0.2) is 0 Å². The highest BCUT2D eigenvalue weighted by Gasteiger charge is 2.48. The number of rotatable bonds is 5. The molecule has 0 saturated heterocycles. The van der Waals surface area contributed by atoms with Gasteiger partial charge < -0.3 is 5.32 Å². The SMILES string of the molecule is CCCC1(CNC(=O)C2CC3CC3C2)CC1. The maximum absolute atomic E-state index is 12.0. The predicted molar refractivity (Wildman–Crippen MR) is 63.9 cm³/mol. The van der Waals surface area contributed by atoms with Crippen LogP contribution in [0.25, 0.3) is 0 Å². The Labute approximate surface area is 98.2 Å². The van der Waals surface area contributed by atoms with Crippen molar-refractivity contribution in [2.75, 3.05) is 6.54 Å². The molecule has 3 saturated carbocycles. The van der Waals surface area contributed by atoms with Crippen LogP contribution < -0.4 is 5.32 Å². The molecule has 0 aromatic rings. The van der Waals surface area contributed by atoms with Crippen LogP contribution in [0.3, 0.4) is 0 Å². The molecule has 1 amide bonds. The summed E-state index contributed by atoms with van der Waals surface area (Å²) in [5, 5.41) is 3.21. The first-order chi connectivity index (χ1) is 7.72. The van der Waals surface area contributed by atoms with E-state index in [4.69, 9.17) is 0 Å². The van der Waals surface area contributed by atoms with E-state index in [-0.39, 0.29) is 0 Å². The molecule has 2 unspecified atom stereocenters. The van der Waals surface area contributed by atoms with Crippen molar-refractivity contribution < 1.29 is 4.79 Å². The predicted octanol–water partition coefficient (Wildman–Crippen LogP) is 2.73. The highest BCUT2D eigenvalue weighted by molar-refractivity contribution is 5.79. The molecular formula is C14H23NO. The number of hydrogen-bond acceptors (Lipinski definition) is 1. The molecule has 1 N–H and O–H groups in total. The van der Waals surface area contributed by atoms with Crippen molar-refractivity contribution in [3.8, 4) is 0 Å². The zero-order valence-corrected chi connectivity index (χ0v) is 10.3. The molecule has 2 nitrogen and oxygen atoms in total. The minimum absolute atomic E-state index is 0.356. The molecule has 3 aliphatic rings. The van der Waals surface area contributed by atoms with Gasteiger partial charge in [-0.2, -0.15) is 0 Å². The summed E-state index contributed by atoms with van der Waals surface area (Å²) in [7, 11) is 0. The van der Waals surface area contributed by atoms with E-state index in [2.05, 4.69) is 12.2 Å². The number of carbonyl (C=O) groups is 1. The fourth-order valence-electron chi connectivity index (χ4n) is 3.57. The maximum Gasteiger partial charge on any atom is 0.223 e. The van der Waals surface area contributed by atoms with Gasteiger partial charge in [0.2, 0.25) is 5.91 Å². The van der Waals surface area contributed by atoms with E-state index < -0.39 is 0 Å². The summed E-state index contributed by atoms with van der Waals surface area (Å²) in [6.45, 7) is 3.19. The van der Waals surface area contributed by atoms with Crippen LogP contribution in [0.1, 0.15) is 51.9 Å². The Morgan fingerprint density at radius 2 is 1.94 bits per heavy atom. The van der Waals surface area contributed by atoms with Crippen molar-refractivity contribution in [1.29, 1.82) is 0 Å². The maximum atomic E-state index is 12.0. The average molecular weight is 221 g/mol. The summed E-state index contributed by atoms with van der Waals surface area (Å²) in [5.41, 5.74) is 0.506. The molecule has 2 atom stereocenters. The second kappa shape index (κ2) is 3.75. The second-order valence-corrected chi connectivity index (χ2v) is 6.39. The molecule has 0 spiro atoms. The normalized spacial score (nSPS) is 37.9. The highest BCUT2D eigenvalue weighted by Crippen LogP contribution is 2.54. The number of amides is 1. The van der Waals surface area contributed by atoms with E-state index in [1.807, 2.05) is 0 Å². The summed E-state index contributed by atoms with van der Waals surface area (Å²) < 4.78 is 0. The number of nitrogens with one attached hydrogen (secondary N) is 1. The second-order valence-electron chi connectivity index (χ2n) is 6.39. The Kier molecular flexibility index (Phi) is 2.49. The van der Waals surface area contributed by atoms with Crippen LogP contribution in [0.5, 0.6) is 0 Å². The molecule has 90 valence electrons. The highest BCUT2D eigenvalue weighted by atomic mass is 16.1. The van der Waals surface area contributed by atoms with Crippen LogP contribution in [0.2, 0.25) is 0 Å². The third-order valence-corrected chi connectivity index (χ3v) is 4.99. The van der Waals surface area contributed by atoms with Gasteiger partial charge in [0.25, 0.3) is 0 Å². The standard InChI is InChI=1S/C14H23NO/c1-2-3-14(4-5-14)9-15-13(16)12-7-10-6-11(10)8-12/h10-12H,2-9H2,1H3,(H,15,16). The van der Waals surface area contributed by atoms with Crippen LogP contribution in [-0.4, -0.2) is 12.5 Å². The molecule has 3 aliphatic carbocycles. The fourth-order valence-corrected chi connectivity index (χ4v) is 3.57. The van der Waals surface area contributed by atoms with E-state index in [1.165, 1.54) is 44.9 Å². The van der Waals surface area contributed by atoms with Crippen LogP contribution in [0.15, 0.2) is 0 Å². The van der Waals surface area contributed by atoms with Crippen molar-refractivity contribution in [3.05, 3.63) is 0 Å². The number of hydrogen-bond donors (Lipinski definition) is 1. The summed E-state index contributed by atoms with van der Waals surface area (Å²) in [6, 6.07) is 0. The van der Waals surface area contributed by atoms with E-state index >= 15 is 0 Å². The smallest absolute Gasteiger partial charge is 0.223 e. The lowest BCUT2D eigenvalue weighted by molar-refractivity contribution is -0.125. The first-order valence-electron chi connectivity index (χ1n) is 7.00. The van der Waals surface area contributed by atoms with Gasteiger partial charge in [-0.05, 0) is 55.8 Å². The quantitative estimate of drug-likeness (QED) is 0.760. The van der Waals surface area contributed by atoms with Crippen LogP contribution >= 0.6 is 0 Å². The molecule has 16 heavy (non-hydrogen) atoms. The molecular weight excluding hydrogens is 198 g/mol. The van der Waals surface area contributed by atoms with Crippen LogP contribution in [0.4, 0.5) is 0 Å². The van der Waals surface area contributed by atoms with Crippen molar-refractivity contribution in [2.45, 2.75) is 51.9 Å². The Morgan fingerprint density at radius 1 is 1.25 bits per heavy atom.